The summed E-state index contributed by atoms with van der Waals surface area (Å²) in [5, 5.41) is 8.16. The highest BCUT2D eigenvalue weighted by molar-refractivity contribution is 7.80. The number of piperidine rings is 1. The lowest BCUT2D eigenvalue weighted by Crippen LogP contribution is -2.46. The molecule has 1 aromatic rings. The first-order valence-corrected chi connectivity index (χ1v) is 10.7. The number of rotatable bonds is 3. The molecule has 3 aliphatic heterocycles. The van der Waals surface area contributed by atoms with E-state index in [1.54, 1.807) is 6.92 Å². The van der Waals surface area contributed by atoms with Crippen molar-refractivity contribution in [3.63, 3.8) is 0 Å². The minimum Gasteiger partial charge on any atom is -0.376 e. The number of ether oxygens (including phenoxy) is 1. The fraction of sp³-hybridized carbons (Fsp3) is 0.750. The number of thiocarbonyl (C=S) groups is 1. The molecule has 0 bridgehead atoms. The number of nitrogens with one attached hydrogen (secondary N) is 1. The summed E-state index contributed by atoms with van der Waals surface area (Å²) in [6.45, 7) is 8.86. The summed E-state index contributed by atoms with van der Waals surface area (Å²) in [7, 11) is 0. The Morgan fingerprint density at radius 1 is 1.25 bits per heavy atom. The molecule has 154 valence electrons. The van der Waals surface area contributed by atoms with Crippen molar-refractivity contribution in [3.05, 3.63) is 17.0 Å². The molecular weight excluding hydrogens is 376 g/mol. The van der Waals surface area contributed by atoms with Gasteiger partial charge in [-0.05, 0) is 63.6 Å². The Morgan fingerprint density at radius 3 is 2.57 bits per heavy atom. The van der Waals surface area contributed by atoms with Crippen LogP contribution < -0.4 is 5.32 Å². The monoisotopic (exact) mass is 406 g/mol. The highest BCUT2D eigenvalue weighted by atomic mass is 32.1. The van der Waals surface area contributed by atoms with Crippen molar-refractivity contribution in [2.24, 2.45) is 5.41 Å². The largest absolute Gasteiger partial charge is 0.376 e. The van der Waals surface area contributed by atoms with Gasteiger partial charge in [-0.15, -0.1) is 0 Å². The molecule has 0 radical (unpaired) electrons. The highest BCUT2D eigenvalue weighted by Crippen LogP contribution is 2.40. The molecule has 0 saturated carbocycles. The predicted octanol–water partition coefficient (Wildman–Crippen LogP) is 2.27. The molecule has 1 unspecified atom stereocenters. The number of aromatic nitrogens is 1. The smallest absolute Gasteiger partial charge is 0.259 e. The quantitative estimate of drug-likeness (QED) is 0.772. The van der Waals surface area contributed by atoms with E-state index < -0.39 is 0 Å². The number of hydrogen-bond acceptors (Lipinski definition) is 5. The number of likely N-dealkylation sites (tertiary alicyclic amines) is 2. The van der Waals surface area contributed by atoms with Gasteiger partial charge in [-0.3, -0.25) is 4.79 Å². The minimum atomic E-state index is 0.0507. The van der Waals surface area contributed by atoms with Crippen molar-refractivity contribution < 1.29 is 14.1 Å². The molecule has 28 heavy (non-hydrogen) atoms. The van der Waals surface area contributed by atoms with Crippen LogP contribution in [0.3, 0.4) is 0 Å². The van der Waals surface area contributed by atoms with E-state index in [9.17, 15) is 4.79 Å². The molecule has 0 aliphatic carbocycles. The van der Waals surface area contributed by atoms with Crippen molar-refractivity contribution >= 4 is 23.2 Å². The third-order valence-corrected chi connectivity index (χ3v) is 6.99. The molecule has 4 heterocycles. The van der Waals surface area contributed by atoms with E-state index in [-0.39, 0.29) is 11.3 Å². The summed E-state index contributed by atoms with van der Waals surface area (Å²) in [5.74, 6) is 0.659. The third kappa shape index (κ3) is 3.89. The summed E-state index contributed by atoms with van der Waals surface area (Å²) < 4.78 is 10.8. The van der Waals surface area contributed by atoms with Crippen LogP contribution in [0, 0.1) is 19.3 Å². The Balaban J connectivity index is 1.28. The number of nitrogens with zero attached hydrogens (tertiary/aromatic N) is 3. The Kier molecular flexibility index (Phi) is 5.60. The van der Waals surface area contributed by atoms with Crippen LogP contribution in [0.5, 0.6) is 0 Å². The zero-order valence-corrected chi connectivity index (χ0v) is 17.6. The first-order valence-electron chi connectivity index (χ1n) is 10.3. The van der Waals surface area contributed by atoms with Crippen molar-refractivity contribution in [1.82, 2.24) is 20.3 Å². The van der Waals surface area contributed by atoms with Crippen LogP contribution >= 0.6 is 12.2 Å². The second-order valence-electron chi connectivity index (χ2n) is 8.48. The normalized spacial score (nSPS) is 24.1. The Morgan fingerprint density at radius 2 is 1.96 bits per heavy atom. The molecule has 1 atom stereocenters. The van der Waals surface area contributed by atoms with Crippen molar-refractivity contribution in [3.8, 4) is 0 Å². The second-order valence-corrected chi connectivity index (χ2v) is 8.87. The first-order chi connectivity index (χ1) is 13.5. The lowest BCUT2D eigenvalue weighted by atomic mass is 9.77. The maximum Gasteiger partial charge on any atom is 0.259 e. The van der Waals surface area contributed by atoms with E-state index >= 15 is 0 Å². The SMILES string of the molecule is Cc1noc(C)c1C(=O)N1CCC2(CC1)CCN(C(=S)NCC1CCCO1)C2. The summed E-state index contributed by atoms with van der Waals surface area (Å²) in [6, 6.07) is 0. The fourth-order valence-electron chi connectivity index (χ4n) is 4.77. The van der Waals surface area contributed by atoms with Gasteiger partial charge in [0.25, 0.3) is 5.91 Å². The Hall–Kier alpha value is -1.67. The summed E-state index contributed by atoms with van der Waals surface area (Å²) in [5.41, 5.74) is 1.58. The predicted molar refractivity (Wildman–Crippen MR) is 109 cm³/mol. The van der Waals surface area contributed by atoms with Crippen LogP contribution in [-0.2, 0) is 4.74 Å². The number of carbonyl (C=O) groups is 1. The number of aryl methyl sites for hydroxylation is 2. The van der Waals surface area contributed by atoms with Gasteiger partial charge < -0.3 is 24.4 Å². The van der Waals surface area contributed by atoms with Gasteiger partial charge in [0.2, 0.25) is 0 Å². The lowest BCUT2D eigenvalue weighted by Gasteiger charge is -2.39. The van der Waals surface area contributed by atoms with Gasteiger partial charge in [0.1, 0.15) is 11.3 Å². The van der Waals surface area contributed by atoms with Crippen LogP contribution in [-0.4, -0.2) is 71.4 Å². The average molecular weight is 407 g/mol. The van der Waals surface area contributed by atoms with Gasteiger partial charge >= 0.3 is 0 Å². The Bertz CT molecular complexity index is 716. The maximum atomic E-state index is 12.9. The van der Waals surface area contributed by atoms with Gasteiger partial charge in [0.15, 0.2) is 5.11 Å². The van der Waals surface area contributed by atoms with E-state index in [4.69, 9.17) is 21.5 Å². The molecule has 4 rings (SSSR count). The van der Waals surface area contributed by atoms with Crippen LogP contribution in [0.4, 0.5) is 0 Å². The van der Waals surface area contributed by atoms with Crippen molar-refractivity contribution in [2.75, 3.05) is 39.3 Å². The average Bonchev–Trinajstić information content (AvgIpc) is 3.42. The van der Waals surface area contributed by atoms with Gasteiger partial charge in [-0.25, -0.2) is 0 Å². The van der Waals surface area contributed by atoms with E-state index in [0.717, 1.165) is 76.5 Å². The van der Waals surface area contributed by atoms with E-state index in [2.05, 4.69) is 15.4 Å². The van der Waals surface area contributed by atoms with Gasteiger partial charge in [0.05, 0.1) is 11.8 Å². The van der Waals surface area contributed by atoms with Crippen LogP contribution in [0.2, 0.25) is 0 Å². The van der Waals surface area contributed by atoms with E-state index in [1.165, 1.54) is 0 Å². The first kappa shape index (κ1) is 19.6. The van der Waals surface area contributed by atoms with E-state index in [0.29, 0.717) is 23.1 Å². The number of hydrogen-bond donors (Lipinski definition) is 1. The Labute approximate surface area is 171 Å². The maximum absolute atomic E-state index is 12.9. The molecule has 3 saturated heterocycles. The fourth-order valence-corrected chi connectivity index (χ4v) is 5.00. The van der Waals surface area contributed by atoms with Crippen LogP contribution in [0.1, 0.15) is 53.9 Å². The third-order valence-electron chi connectivity index (χ3n) is 6.59. The number of amides is 1. The molecule has 3 fully saturated rings. The topological polar surface area (TPSA) is 70.8 Å². The van der Waals surface area contributed by atoms with Crippen molar-refractivity contribution in [2.45, 2.75) is 52.1 Å². The van der Waals surface area contributed by atoms with Crippen molar-refractivity contribution in [1.29, 1.82) is 0 Å². The molecule has 1 aromatic heterocycles. The van der Waals surface area contributed by atoms with Crippen LogP contribution in [0.15, 0.2) is 4.52 Å². The number of carbonyl (C=O) groups excluding carboxylic acids is 1. The lowest BCUT2D eigenvalue weighted by molar-refractivity contribution is 0.0596. The zero-order chi connectivity index (χ0) is 19.7. The molecule has 0 aromatic carbocycles. The molecule has 1 spiro atoms. The molecule has 1 N–H and O–H groups in total. The van der Waals surface area contributed by atoms with Crippen LogP contribution in [0.25, 0.3) is 0 Å². The van der Waals surface area contributed by atoms with Gasteiger partial charge in [0, 0.05) is 39.3 Å². The summed E-state index contributed by atoms with van der Waals surface area (Å²) >= 11 is 5.63. The summed E-state index contributed by atoms with van der Waals surface area (Å²) in [6.07, 6.45) is 5.75. The summed E-state index contributed by atoms with van der Waals surface area (Å²) in [4.78, 5) is 17.1. The van der Waals surface area contributed by atoms with Gasteiger partial charge in [-0.1, -0.05) is 5.16 Å². The standard InChI is InChI=1S/C20H30N4O3S/c1-14-17(15(2)27-22-14)18(25)23-8-5-20(6-9-23)7-10-24(13-20)19(28)21-12-16-4-3-11-26-16/h16H,3-13H2,1-2H3,(H,21,28). The zero-order valence-electron chi connectivity index (χ0n) is 16.8. The highest BCUT2D eigenvalue weighted by Gasteiger charge is 2.42. The van der Waals surface area contributed by atoms with E-state index in [1.807, 2.05) is 11.8 Å². The molecular formula is C20H30N4O3S. The molecule has 8 heteroatoms. The second kappa shape index (κ2) is 7.99. The molecule has 3 aliphatic rings. The molecule has 7 nitrogen and oxygen atoms in total. The molecule has 1 amide bonds. The van der Waals surface area contributed by atoms with Gasteiger partial charge in [-0.2, -0.15) is 0 Å². The minimum absolute atomic E-state index is 0.0507.